The fourth-order valence-electron chi connectivity index (χ4n) is 3.50. The molecule has 4 rings (SSSR count). The Morgan fingerprint density at radius 1 is 0.781 bits per heavy atom. The zero-order valence-electron chi connectivity index (χ0n) is 18.4. The van der Waals surface area contributed by atoms with Gasteiger partial charge in [0, 0.05) is 55.8 Å². The van der Waals surface area contributed by atoms with Crippen LogP contribution in [0.3, 0.4) is 0 Å². The highest BCUT2D eigenvalue weighted by molar-refractivity contribution is 5.64. The Morgan fingerprint density at radius 3 is 1.94 bits per heavy atom. The molecule has 2 N–H and O–H groups in total. The van der Waals surface area contributed by atoms with Crippen molar-refractivity contribution in [2.75, 3.05) is 24.3 Å². The van der Waals surface area contributed by atoms with E-state index in [1.165, 1.54) is 27.9 Å². The van der Waals surface area contributed by atoms with Gasteiger partial charge in [-0.05, 0) is 28.8 Å². The van der Waals surface area contributed by atoms with Crippen LogP contribution >= 0.6 is 0 Å². The number of halogens is 1. The monoisotopic (exact) mass is 489 g/mol. The van der Waals surface area contributed by atoms with Crippen LogP contribution in [0.5, 0.6) is 5.75 Å². The predicted molar refractivity (Wildman–Crippen MR) is 127 cm³/mol. The number of nitrogens with zero attached hydrogens (tertiary/aromatic N) is 2. The summed E-state index contributed by atoms with van der Waals surface area (Å²) in [5, 5.41) is 12.9. The van der Waals surface area contributed by atoms with Gasteiger partial charge in [-0.1, -0.05) is 54.6 Å². The zero-order chi connectivity index (χ0) is 21.6. The van der Waals surface area contributed by atoms with E-state index in [9.17, 15) is 5.11 Å². The molecule has 32 heavy (non-hydrogen) atoms. The van der Waals surface area contributed by atoms with Crippen molar-refractivity contribution in [1.82, 2.24) is 0 Å². The van der Waals surface area contributed by atoms with Crippen LogP contribution in [-0.4, -0.2) is 19.2 Å². The van der Waals surface area contributed by atoms with Crippen LogP contribution in [0.15, 0.2) is 97.3 Å². The van der Waals surface area contributed by atoms with Crippen molar-refractivity contribution in [2.45, 2.75) is 13.1 Å². The smallest absolute Gasteiger partial charge is 0.173 e. The molecule has 0 saturated heterocycles. The maximum absolute atomic E-state index is 9.56. The number of hydrogen-bond acceptors (Lipinski definition) is 3. The van der Waals surface area contributed by atoms with Gasteiger partial charge in [0.2, 0.25) is 0 Å². The van der Waals surface area contributed by atoms with E-state index >= 15 is 0 Å². The first kappa shape index (κ1) is 23.4. The summed E-state index contributed by atoms with van der Waals surface area (Å²) in [6.45, 7) is 1.57. The fourth-order valence-corrected chi connectivity index (χ4v) is 3.50. The number of benzene rings is 3. The maximum Gasteiger partial charge on any atom is 0.173 e. The number of nitrogens with one attached hydrogen (secondary N) is 1. The minimum Gasteiger partial charge on any atom is -1.00 e. The van der Waals surface area contributed by atoms with E-state index in [1.54, 1.807) is 12.1 Å². The molecule has 5 heteroatoms. The lowest BCUT2D eigenvalue weighted by Gasteiger charge is -2.10. The molecule has 0 aliphatic carbocycles. The molecule has 0 atom stereocenters. The molecule has 0 aliphatic rings. The second kappa shape index (κ2) is 10.8. The molecule has 1 aromatic heterocycles. The summed E-state index contributed by atoms with van der Waals surface area (Å²) >= 11 is 0. The van der Waals surface area contributed by atoms with Crippen molar-refractivity contribution < 1.29 is 26.7 Å². The summed E-state index contributed by atoms with van der Waals surface area (Å²) in [4.78, 5) is 2.10. The van der Waals surface area contributed by atoms with Gasteiger partial charge in [0.05, 0.1) is 0 Å². The Labute approximate surface area is 200 Å². The van der Waals surface area contributed by atoms with E-state index < -0.39 is 0 Å². The van der Waals surface area contributed by atoms with E-state index in [0.717, 1.165) is 12.2 Å². The molecular formula is C27H28BrN3O. The Hall–Kier alpha value is -3.31. The van der Waals surface area contributed by atoms with Crippen LogP contribution in [0.1, 0.15) is 11.1 Å². The summed E-state index contributed by atoms with van der Waals surface area (Å²) in [6, 6.07) is 28.8. The predicted octanol–water partition coefficient (Wildman–Crippen LogP) is 2.08. The highest BCUT2D eigenvalue weighted by Gasteiger charge is 2.05. The number of phenols is 1. The number of hydrogen-bond donors (Lipinski definition) is 2. The van der Waals surface area contributed by atoms with Gasteiger partial charge in [-0.25, -0.2) is 4.57 Å². The third kappa shape index (κ3) is 6.11. The van der Waals surface area contributed by atoms with Crippen LogP contribution in [0.2, 0.25) is 0 Å². The van der Waals surface area contributed by atoms with Crippen molar-refractivity contribution in [3.05, 3.63) is 108 Å². The van der Waals surface area contributed by atoms with Crippen LogP contribution in [-0.2, 0) is 13.1 Å². The molecule has 1 heterocycles. The summed E-state index contributed by atoms with van der Waals surface area (Å²) < 4.78 is 2.19. The molecule has 0 bridgehead atoms. The molecule has 0 fully saturated rings. The molecule has 4 nitrogen and oxygen atoms in total. The number of rotatable bonds is 7. The van der Waals surface area contributed by atoms with E-state index in [2.05, 4.69) is 102 Å². The van der Waals surface area contributed by atoms with Crippen molar-refractivity contribution in [2.24, 2.45) is 0 Å². The lowest BCUT2D eigenvalue weighted by molar-refractivity contribution is -0.688. The number of aromatic nitrogens is 1. The normalized spacial score (nSPS) is 10.3. The van der Waals surface area contributed by atoms with E-state index in [-0.39, 0.29) is 22.7 Å². The Bertz CT molecular complexity index is 1120. The van der Waals surface area contributed by atoms with Crippen LogP contribution in [0.25, 0.3) is 11.1 Å². The van der Waals surface area contributed by atoms with Gasteiger partial charge in [0.15, 0.2) is 18.9 Å². The van der Waals surface area contributed by atoms with Gasteiger partial charge in [0.1, 0.15) is 5.75 Å². The highest BCUT2D eigenvalue weighted by atomic mass is 79.9. The molecule has 0 saturated carbocycles. The largest absolute Gasteiger partial charge is 1.00 e. The molecule has 0 amide bonds. The number of aromatic hydroxyl groups is 1. The van der Waals surface area contributed by atoms with Crippen molar-refractivity contribution in [3.63, 3.8) is 0 Å². The first-order valence-corrected chi connectivity index (χ1v) is 10.4. The van der Waals surface area contributed by atoms with Gasteiger partial charge >= 0.3 is 0 Å². The number of phenolic OH excluding ortho intramolecular Hbond substituents is 1. The quantitative estimate of drug-likeness (QED) is 0.390. The van der Waals surface area contributed by atoms with Crippen LogP contribution < -0.4 is 31.8 Å². The first-order chi connectivity index (χ1) is 15.1. The maximum atomic E-state index is 9.56. The van der Waals surface area contributed by atoms with Gasteiger partial charge in [-0.15, -0.1) is 0 Å². The SMILES string of the molecule is CN(C)c1cc[n+](Cc2ccc(-c3ccc(CNc4cccc(O)c4)cc3)cc2)cc1.[Br-]. The highest BCUT2D eigenvalue weighted by Crippen LogP contribution is 2.21. The summed E-state index contributed by atoms with van der Waals surface area (Å²) in [6.07, 6.45) is 4.24. The topological polar surface area (TPSA) is 39.4 Å². The zero-order valence-corrected chi connectivity index (χ0v) is 20.0. The minimum atomic E-state index is 0. The first-order valence-electron chi connectivity index (χ1n) is 10.4. The van der Waals surface area contributed by atoms with Gasteiger partial charge in [-0.3, -0.25) is 0 Å². The molecule has 0 aliphatic heterocycles. The molecule has 0 unspecified atom stereocenters. The third-order valence-electron chi connectivity index (χ3n) is 5.34. The molecular weight excluding hydrogens is 462 g/mol. The number of pyridine rings is 1. The average molecular weight is 490 g/mol. The number of anilines is 2. The van der Waals surface area contributed by atoms with Crippen LogP contribution in [0.4, 0.5) is 11.4 Å². The second-order valence-electron chi connectivity index (χ2n) is 7.92. The molecule has 3 aromatic carbocycles. The summed E-state index contributed by atoms with van der Waals surface area (Å²) in [5.41, 5.74) is 7.00. The van der Waals surface area contributed by atoms with Gasteiger partial charge in [-0.2, -0.15) is 0 Å². The standard InChI is InChI=1S/C27H27N3O.BrH/c1-29(2)26-14-16-30(17-15-26)20-22-8-12-24(13-9-22)23-10-6-21(7-11-23)19-28-25-4-3-5-27(31)18-25;/h3-18,28H,19-20H2,1-2H3;1H. The fraction of sp³-hybridized carbons (Fsp3) is 0.148. The Kier molecular flexibility index (Phi) is 7.90. The Balaban J connectivity index is 0.00000289. The average Bonchev–Trinajstić information content (AvgIpc) is 2.79. The second-order valence-corrected chi connectivity index (χ2v) is 7.92. The van der Waals surface area contributed by atoms with E-state index in [0.29, 0.717) is 6.54 Å². The minimum absolute atomic E-state index is 0. The third-order valence-corrected chi connectivity index (χ3v) is 5.34. The molecule has 0 spiro atoms. The van der Waals surface area contributed by atoms with Crippen molar-refractivity contribution in [3.8, 4) is 16.9 Å². The lowest BCUT2D eigenvalue weighted by atomic mass is 10.0. The van der Waals surface area contributed by atoms with Gasteiger partial charge < -0.3 is 32.3 Å². The lowest BCUT2D eigenvalue weighted by Crippen LogP contribution is -3.00. The van der Waals surface area contributed by atoms with Crippen molar-refractivity contribution in [1.29, 1.82) is 0 Å². The van der Waals surface area contributed by atoms with Gasteiger partial charge in [0.25, 0.3) is 0 Å². The van der Waals surface area contributed by atoms with Crippen LogP contribution in [0, 0.1) is 0 Å². The summed E-state index contributed by atoms with van der Waals surface area (Å²) in [5.74, 6) is 0.271. The van der Waals surface area contributed by atoms with Crippen molar-refractivity contribution >= 4 is 11.4 Å². The molecule has 4 aromatic rings. The van der Waals surface area contributed by atoms with E-state index in [1.807, 2.05) is 12.1 Å². The summed E-state index contributed by atoms with van der Waals surface area (Å²) in [7, 11) is 4.10. The molecule has 164 valence electrons. The molecule has 0 radical (unpaired) electrons. The Morgan fingerprint density at radius 2 is 1.38 bits per heavy atom. The van der Waals surface area contributed by atoms with E-state index in [4.69, 9.17) is 0 Å².